The van der Waals surface area contributed by atoms with Crippen LogP contribution in [0.2, 0.25) is 0 Å². The maximum absolute atomic E-state index is 13.3. The van der Waals surface area contributed by atoms with E-state index in [0.29, 0.717) is 41.6 Å². The number of piperidine rings is 3. The van der Waals surface area contributed by atoms with Crippen LogP contribution in [-0.2, 0) is 27.4 Å². The molecule has 5 aromatic rings. The Hall–Kier alpha value is -6.99. The van der Waals surface area contributed by atoms with Gasteiger partial charge in [0, 0.05) is 111 Å². The topological polar surface area (TPSA) is 208 Å². The molecule has 0 aliphatic carbocycles. The quantitative estimate of drug-likeness (QED) is 0.0990. The van der Waals surface area contributed by atoms with Crippen molar-refractivity contribution in [3.8, 4) is 0 Å². The number of carbonyl (C=O) groups is 5. The maximum Gasteiger partial charge on any atom is 0.270 e. The average molecular weight is 990 g/mol. The molecule has 5 aliphatic heterocycles. The molecule has 1 atom stereocenters. The van der Waals surface area contributed by atoms with Gasteiger partial charge >= 0.3 is 0 Å². The molecule has 5 aliphatic rings. The predicted molar refractivity (Wildman–Crippen MR) is 275 cm³/mol. The molecule has 0 saturated carbocycles. The molecular formula is C54H59N11O6S. The van der Waals surface area contributed by atoms with E-state index in [1.54, 1.807) is 37.7 Å². The van der Waals surface area contributed by atoms with E-state index in [-0.39, 0.29) is 48.7 Å². The first-order valence-corrected chi connectivity index (χ1v) is 25.5. The molecule has 3 saturated heterocycles. The summed E-state index contributed by atoms with van der Waals surface area (Å²) in [6.07, 6.45) is 12.8. The first-order chi connectivity index (χ1) is 35.0. The van der Waals surface area contributed by atoms with Gasteiger partial charge in [0.1, 0.15) is 22.6 Å². The van der Waals surface area contributed by atoms with Gasteiger partial charge in [-0.25, -0.2) is 9.97 Å². The first-order valence-electron chi connectivity index (χ1n) is 24.7. The summed E-state index contributed by atoms with van der Waals surface area (Å²) >= 11 is 1.50. The molecule has 10 rings (SSSR count). The summed E-state index contributed by atoms with van der Waals surface area (Å²) < 4.78 is 5.31. The first kappa shape index (κ1) is 48.6. The summed E-state index contributed by atoms with van der Waals surface area (Å²) in [5, 5.41) is 9.10. The molecule has 3 fully saturated rings. The van der Waals surface area contributed by atoms with E-state index in [9.17, 15) is 24.0 Å². The minimum atomic E-state index is -0.674. The number of pyridine rings is 1. The molecular weight excluding hydrogens is 931 g/mol. The normalized spacial score (nSPS) is 19.4. The van der Waals surface area contributed by atoms with Crippen LogP contribution >= 0.6 is 11.8 Å². The lowest BCUT2D eigenvalue weighted by molar-refractivity contribution is -0.136. The molecule has 0 bridgehead atoms. The van der Waals surface area contributed by atoms with Gasteiger partial charge in [0.15, 0.2) is 0 Å². The number of fused-ring (bicyclic) bond motifs is 1. The van der Waals surface area contributed by atoms with Gasteiger partial charge in [-0.15, -0.1) is 0 Å². The number of benzene rings is 3. The molecule has 0 spiro atoms. The number of rotatable bonds is 14. The maximum atomic E-state index is 13.3. The van der Waals surface area contributed by atoms with Crippen molar-refractivity contribution in [2.45, 2.75) is 85.6 Å². The lowest BCUT2D eigenvalue weighted by Gasteiger charge is -2.40. The highest BCUT2D eigenvalue weighted by atomic mass is 32.2. The number of hydrogen-bond donors (Lipinski definition) is 4. The summed E-state index contributed by atoms with van der Waals surface area (Å²) in [5.41, 5.74) is 13.3. The van der Waals surface area contributed by atoms with Gasteiger partial charge in [0.05, 0.1) is 19.0 Å². The van der Waals surface area contributed by atoms with Crippen LogP contribution < -0.4 is 31.5 Å². The van der Waals surface area contributed by atoms with Gasteiger partial charge in [-0.1, -0.05) is 42.1 Å². The Morgan fingerprint density at radius 2 is 1.67 bits per heavy atom. The van der Waals surface area contributed by atoms with E-state index in [1.807, 2.05) is 66.9 Å². The Balaban J connectivity index is 0.648. The van der Waals surface area contributed by atoms with E-state index in [0.717, 1.165) is 109 Å². The van der Waals surface area contributed by atoms with E-state index in [1.165, 1.54) is 22.2 Å². The SMILES string of the molecule is COCC1(N)CCN(c2cnc(Sc3cccc(NC(=O)c4ccc(N5CCC(N6CC=C(c7ccc(C(=O)NCc8ccc9c(c8)CN(C8CCC(=O)NC8=O)C9=O)nc7)CC6)CC5)cc4)c3)cn2)CC1. The van der Waals surface area contributed by atoms with Gasteiger partial charge in [-0.05, 0) is 115 Å². The summed E-state index contributed by atoms with van der Waals surface area (Å²) in [5.74, 6) is -0.613. The van der Waals surface area contributed by atoms with Crippen LogP contribution in [0.1, 0.15) is 92.8 Å². The monoisotopic (exact) mass is 989 g/mol. The van der Waals surface area contributed by atoms with Gasteiger partial charge in [-0.2, -0.15) is 0 Å². The second kappa shape index (κ2) is 21.4. The smallest absolute Gasteiger partial charge is 0.270 e. The highest BCUT2D eigenvalue weighted by molar-refractivity contribution is 7.99. The molecule has 3 aromatic carbocycles. The van der Waals surface area contributed by atoms with Crippen molar-refractivity contribution in [2.75, 3.05) is 68.1 Å². The van der Waals surface area contributed by atoms with Gasteiger partial charge in [0.2, 0.25) is 11.8 Å². The number of carbonyl (C=O) groups excluding carboxylic acids is 5. The second-order valence-electron chi connectivity index (χ2n) is 19.3. The molecule has 0 radical (unpaired) electrons. The van der Waals surface area contributed by atoms with E-state index < -0.39 is 11.9 Å². The highest BCUT2D eigenvalue weighted by Gasteiger charge is 2.39. The summed E-state index contributed by atoms with van der Waals surface area (Å²) in [7, 11) is 1.69. The van der Waals surface area contributed by atoms with Crippen molar-refractivity contribution in [3.05, 3.63) is 137 Å². The fourth-order valence-corrected chi connectivity index (χ4v) is 11.2. The number of methoxy groups -OCH3 is 1. The van der Waals surface area contributed by atoms with Crippen LogP contribution in [-0.4, -0.2) is 125 Å². The molecule has 1 unspecified atom stereocenters. The number of ether oxygens (including phenoxy) is 1. The molecule has 72 heavy (non-hydrogen) atoms. The number of anilines is 3. The Bertz CT molecular complexity index is 2860. The minimum Gasteiger partial charge on any atom is -0.383 e. The van der Waals surface area contributed by atoms with E-state index >= 15 is 0 Å². The molecule has 5 N–H and O–H groups in total. The molecule has 18 heteroatoms. The fraction of sp³-hybridized carbons (Fsp3) is 0.370. The van der Waals surface area contributed by atoms with Crippen molar-refractivity contribution in [1.29, 1.82) is 0 Å². The zero-order chi connectivity index (χ0) is 49.8. The van der Waals surface area contributed by atoms with Crippen LogP contribution in [0.15, 0.2) is 113 Å². The Morgan fingerprint density at radius 3 is 2.38 bits per heavy atom. The lowest BCUT2D eigenvalue weighted by atomic mass is 9.89. The molecule has 372 valence electrons. The second-order valence-corrected chi connectivity index (χ2v) is 20.4. The van der Waals surface area contributed by atoms with Crippen LogP contribution in [0, 0.1) is 0 Å². The van der Waals surface area contributed by atoms with Gasteiger partial charge in [0.25, 0.3) is 17.7 Å². The number of nitrogens with two attached hydrogens (primary N) is 1. The zero-order valence-corrected chi connectivity index (χ0v) is 41.2. The van der Waals surface area contributed by atoms with Crippen LogP contribution in [0.4, 0.5) is 17.2 Å². The zero-order valence-electron chi connectivity index (χ0n) is 40.3. The van der Waals surface area contributed by atoms with Crippen LogP contribution in [0.25, 0.3) is 5.57 Å². The van der Waals surface area contributed by atoms with E-state index in [2.05, 4.69) is 51.7 Å². The fourth-order valence-electron chi connectivity index (χ4n) is 10.4. The summed E-state index contributed by atoms with van der Waals surface area (Å²) in [4.78, 5) is 87.0. The predicted octanol–water partition coefficient (Wildman–Crippen LogP) is 5.67. The van der Waals surface area contributed by atoms with Crippen LogP contribution in [0.5, 0.6) is 0 Å². The Morgan fingerprint density at radius 1 is 0.847 bits per heavy atom. The third-order valence-corrected chi connectivity index (χ3v) is 15.5. The molecule has 17 nitrogen and oxygen atoms in total. The number of aromatic nitrogens is 3. The number of hydrogen-bond acceptors (Lipinski definition) is 14. The van der Waals surface area contributed by atoms with Crippen molar-refractivity contribution in [1.82, 2.24) is 35.4 Å². The Labute approximate surface area is 423 Å². The molecule has 5 amide bonds. The van der Waals surface area contributed by atoms with Crippen molar-refractivity contribution in [2.24, 2.45) is 5.73 Å². The standard InChI is InChI=1S/C54H59N11O6S/c1-71-34-54(55)19-25-64(26-20-54)47-31-58-49(32-57-47)72-43-4-2-3-40(28-43)60-50(67)37-6-9-41(10-7-37)63-23-17-42(18-24-63)62-21-15-36(16-22-62)38-8-12-45(56-30-38)51(68)59-29-35-5-11-44-39(27-35)33-65(53(44)70)46-13-14-48(66)61-52(46)69/h2-12,15,27-28,30-32,42,46H,13-14,16-26,29,33-34,55H2,1H3,(H,59,68)(H,60,67)(H,61,66,69). The van der Waals surface area contributed by atoms with Gasteiger partial charge in [-0.3, -0.25) is 39.2 Å². The van der Waals surface area contributed by atoms with Crippen molar-refractivity contribution >= 4 is 64.1 Å². The third kappa shape index (κ3) is 11.1. The number of nitrogens with zero attached hydrogens (tertiary/aromatic N) is 7. The number of imide groups is 1. The summed E-state index contributed by atoms with van der Waals surface area (Å²) in [6, 6.07) is 24.6. The number of nitrogens with one attached hydrogen (secondary N) is 3. The van der Waals surface area contributed by atoms with Gasteiger partial charge < -0.3 is 35.8 Å². The molecule has 2 aromatic heterocycles. The average Bonchev–Trinajstić information content (AvgIpc) is 3.73. The van der Waals surface area contributed by atoms with Crippen LogP contribution in [0.3, 0.4) is 0 Å². The highest BCUT2D eigenvalue weighted by Crippen LogP contribution is 2.32. The minimum absolute atomic E-state index is 0.165. The lowest BCUT2D eigenvalue weighted by Crippen LogP contribution is -2.53. The van der Waals surface area contributed by atoms with Crippen molar-refractivity contribution < 1.29 is 28.7 Å². The number of amides is 5. The molecule has 7 heterocycles. The Kier molecular flexibility index (Phi) is 14.4. The largest absolute Gasteiger partial charge is 0.383 e. The van der Waals surface area contributed by atoms with Crippen molar-refractivity contribution in [3.63, 3.8) is 0 Å². The third-order valence-electron chi connectivity index (χ3n) is 14.6. The summed E-state index contributed by atoms with van der Waals surface area (Å²) in [6.45, 7) is 6.39. The van der Waals surface area contributed by atoms with E-state index in [4.69, 9.17) is 10.5 Å².